The topological polar surface area (TPSA) is 29.7 Å². The molecule has 0 atom stereocenters. The molecular weight excluding hydrogens is 492 g/mol. The van der Waals surface area contributed by atoms with Crippen LogP contribution >= 0.6 is 46.1 Å². The molecule has 2 aromatic heterocycles. The first-order valence-corrected chi connectivity index (χ1v) is 8.97. The maximum atomic E-state index is 4.34. The number of rotatable bonds is 3. The van der Waals surface area contributed by atoms with E-state index < -0.39 is 0 Å². The molecule has 7 heteroatoms. The first kappa shape index (κ1) is 18.5. The highest BCUT2D eigenvalue weighted by Crippen LogP contribution is 2.28. The van der Waals surface area contributed by atoms with Crippen LogP contribution in [0.15, 0.2) is 29.6 Å². The maximum absolute atomic E-state index is 4.34. The van der Waals surface area contributed by atoms with E-state index in [-0.39, 0.29) is 24.0 Å². The zero-order valence-electron chi connectivity index (χ0n) is 10.4. The number of halogens is 2. The summed E-state index contributed by atoms with van der Waals surface area (Å²) in [6.45, 7) is 2.12. The number of alkyl halides is 1. The molecule has 0 aromatic carbocycles. The van der Waals surface area contributed by atoms with Gasteiger partial charge in [0.25, 0.3) is 0 Å². The molecule has 0 bridgehead atoms. The van der Waals surface area contributed by atoms with Crippen LogP contribution in [-0.2, 0) is 7.05 Å². The van der Waals surface area contributed by atoms with Gasteiger partial charge in [0.1, 0.15) is 17.8 Å². The van der Waals surface area contributed by atoms with Crippen molar-refractivity contribution in [1.29, 1.82) is 0 Å². The largest absolute Gasteiger partial charge is 1.00 e. The molecule has 0 amide bonds. The molecule has 0 fully saturated rings. The number of nitrogens with zero attached hydrogens (tertiary/aromatic N) is 3. The van der Waals surface area contributed by atoms with Gasteiger partial charge in [0, 0.05) is 6.07 Å². The first-order valence-electron chi connectivity index (χ1n) is 5.10. The molecule has 0 aliphatic heterocycles. The standard InChI is InChI=1S/C10H12N3S2.CH3I.HI/c1-3-14-10-9(11-15-12-10)8-5-4-6-13(2)7-8;1-2;/h4-7H,3H2,1-2H3;1H3;1H/q+1;;/p-1. The number of thioether (sulfide) groups is 1. The lowest BCUT2D eigenvalue weighted by molar-refractivity contribution is -0.671. The Morgan fingerprint density at radius 2 is 2.11 bits per heavy atom. The summed E-state index contributed by atoms with van der Waals surface area (Å²) in [5, 5.41) is 1.04. The Kier molecular flexibility index (Phi) is 10.6. The van der Waals surface area contributed by atoms with Gasteiger partial charge in [-0.25, -0.2) is 4.57 Å². The molecule has 100 valence electrons. The van der Waals surface area contributed by atoms with Crippen LogP contribution in [0.5, 0.6) is 0 Å². The average molecular weight is 507 g/mol. The van der Waals surface area contributed by atoms with E-state index in [4.69, 9.17) is 0 Å². The summed E-state index contributed by atoms with van der Waals surface area (Å²) in [5.74, 6) is 1.03. The van der Waals surface area contributed by atoms with Gasteiger partial charge in [-0.2, -0.15) is 8.75 Å². The Labute approximate surface area is 147 Å². The van der Waals surface area contributed by atoms with E-state index in [1.807, 2.05) is 28.8 Å². The summed E-state index contributed by atoms with van der Waals surface area (Å²) in [6, 6.07) is 4.09. The molecule has 0 N–H and O–H groups in total. The van der Waals surface area contributed by atoms with Crippen molar-refractivity contribution in [2.24, 2.45) is 7.05 Å². The van der Waals surface area contributed by atoms with Crippen molar-refractivity contribution >= 4 is 46.1 Å². The van der Waals surface area contributed by atoms with Crippen LogP contribution in [0.1, 0.15) is 6.92 Å². The van der Waals surface area contributed by atoms with Gasteiger partial charge in [-0.1, -0.05) is 29.5 Å². The predicted octanol–water partition coefficient (Wildman–Crippen LogP) is 0.197. The van der Waals surface area contributed by atoms with Gasteiger partial charge in [0.15, 0.2) is 12.4 Å². The number of pyridine rings is 1. The summed E-state index contributed by atoms with van der Waals surface area (Å²) >= 11 is 5.16. The molecule has 0 aliphatic carbocycles. The fraction of sp³-hybridized carbons (Fsp3) is 0.364. The zero-order chi connectivity index (χ0) is 12.7. The molecule has 2 heterocycles. The Morgan fingerprint density at radius 3 is 2.72 bits per heavy atom. The van der Waals surface area contributed by atoms with Gasteiger partial charge in [-0.15, -0.1) is 11.8 Å². The van der Waals surface area contributed by atoms with Crippen LogP contribution in [0.3, 0.4) is 0 Å². The van der Waals surface area contributed by atoms with Crippen LogP contribution in [-0.4, -0.2) is 19.4 Å². The van der Waals surface area contributed by atoms with E-state index in [1.165, 1.54) is 11.7 Å². The fourth-order valence-electron chi connectivity index (χ4n) is 1.32. The number of hydrogen-bond acceptors (Lipinski definition) is 4. The highest BCUT2D eigenvalue weighted by molar-refractivity contribution is 14.1. The monoisotopic (exact) mass is 507 g/mol. The second kappa shape index (κ2) is 10.3. The van der Waals surface area contributed by atoms with Crippen molar-refractivity contribution in [3.63, 3.8) is 0 Å². The molecule has 0 spiro atoms. The van der Waals surface area contributed by atoms with Gasteiger partial charge >= 0.3 is 0 Å². The number of aromatic nitrogens is 3. The quantitative estimate of drug-likeness (QED) is 0.258. The SMILES string of the molecule is CCSc1nsnc1-c1ccc[n+](C)c1.CI.[I-]. The summed E-state index contributed by atoms with van der Waals surface area (Å²) in [6.07, 6.45) is 4.08. The zero-order valence-corrected chi connectivity index (χ0v) is 16.4. The van der Waals surface area contributed by atoms with Gasteiger partial charge in [0.05, 0.1) is 17.3 Å². The molecule has 2 aromatic rings. The summed E-state index contributed by atoms with van der Waals surface area (Å²) < 4.78 is 10.7. The van der Waals surface area contributed by atoms with Gasteiger partial charge in [-0.3, -0.25) is 0 Å². The predicted molar refractivity (Wildman–Crippen MR) is 82.9 cm³/mol. The highest BCUT2D eigenvalue weighted by Gasteiger charge is 2.12. The molecule has 0 radical (unpaired) electrons. The van der Waals surface area contributed by atoms with Crippen molar-refractivity contribution in [2.75, 3.05) is 10.7 Å². The average Bonchev–Trinajstić information content (AvgIpc) is 2.80. The lowest BCUT2D eigenvalue weighted by atomic mass is 10.2. The van der Waals surface area contributed by atoms with Gasteiger partial charge < -0.3 is 24.0 Å². The third-order valence-corrected chi connectivity index (χ3v) is 3.44. The molecule has 18 heavy (non-hydrogen) atoms. The molecule has 3 nitrogen and oxygen atoms in total. The number of hydrogen-bond donors (Lipinski definition) is 0. The minimum atomic E-state index is 0. The summed E-state index contributed by atoms with van der Waals surface area (Å²) in [5.41, 5.74) is 2.13. The van der Waals surface area contributed by atoms with Crippen molar-refractivity contribution in [2.45, 2.75) is 11.9 Å². The van der Waals surface area contributed by atoms with Crippen LogP contribution < -0.4 is 28.5 Å². The van der Waals surface area contributed by atoms with E-state index >= 15 is 0 Å². The lowest BCUT2D eigenvalue weighted by Gasteiger charge is -1.97. The Balaban J connectivity index is 0.000000917. The molecule has 0 aliphatic rings. The summed E-state index contributed by atoms with van der Waals surface area (Å²) in [4.78, 5) is 1.97. The van der Waals surface area contributed by atoms with E-state index in [0.717, 1.165) is 22.0 Å². The van der Waals surface area contributed by atoms with Gasteiger partial charge in [0.2, 0.25) is 0 Å². The van der Waals surface area contributed by atoms with Crippen LogP contribution in [0.2, 0.25) is 0 Å². The van der Waals surface area contributed by atoms with Crippen molar-refractivity contribution in [3.05, 3.63) is 24.5 Å². The normalized spacial score (nSPS) is 9.11. The van der Waals surface area contributed by atoms with Crippen LogP contribution in [0.25, 0.3) is 11.3 Å². The number of aryl methyl sites for hydroxylation is 1. The van der Waals surface area contributed by atoms with E-state index in [2.05, 4.69) is 50.5 Å². The van der Waals surface area contributed by atoms with Crippen molar-refractivity contribution in [3.8, 4) is 11.3 Å². The van der Waals surface area contributed by atoms with Crippen molar-refractivity contribution < 1.29 is 28.5 Å². The second-order valence-corrected chi connectivity index (χ2v) is 4.89. The smallest absolute Gasteiger partial charge is 0.178 e. The maximum Gasteiger partial charge on any atom is 0.178 e. The second-order valence-electron chi connectivity index (χ2n) is 3.11. The molecule has 0 unspecified atom stereocenters. The van der Waals surface area contributed by atoms with E-state index in [9.17, 15) is 0 Å². The third kappa shape index (κ3) is 5.25. The molecule has 0 saturated heterocycles. The fourth-order valence-corrected chi connectivity index (χ4v) is 2.73. The van der Waals surface area contributed by atoms with E-state index in [0.29, 0.717) is 0 Å². The lowest BCUT2D eigenvalue weighted by Crippen LogP contribution is -3.00. The third-order valence-electron chi connectivity index (χ3n) is 1.95. The highest BCUT2D eigenvalue weighted by atomic mass is 127. The summed E-state index contributed by atoms with van der Waals surface area (Å²) in [7, 11) is 2.01. The minimum Gasteiger partial charge on any atom is -1.00 e. The Hall–Kier alpha value is 0.520. The van der Waals surface area contributed by atoms with Crippen LogP contribution in [0.4, 0.5) is 0 Å². The first-order chi connectivity index (χ1) is 8.31. The molecule has 2 rings (SSSR count). The van der Waals surface area contributed by atoms with Crippen LogP contribution in [0, 0.1) is 0 Å². The Bertz CT molecular complexity index is 463. The van der Waals surface area contributed by atoms with Gasteiger partial charge in [-0.05, 0) is 16.7 Å². The Morgan fingerprint density at radius 1 is 1.39 bits per heavy atom. The molecule has 0 saturated carbocycles. The minimum absolute atomic E-state index is 0. The van der Waals surface area contributed by atoms with E-state index in [1.54, 1.807) is 11.8 Å². The van der Waals surface area contributed by atoms with Crippen molar-refractivity contribution in [1.82, 2.24) is 8.75 Å². The molecular formula is C11H15I2N3S2.